The minimum absolute atomic E-state index is 0.0931. The Kier molecular flexibility index (Phi) is 3.59. The van der Waals surface area contributed by atoms with E-state index < -0.39 is 0 Å². The summed E-state index contributed by atoms with van der Waals surface area (Å²) < 4.78 is 0. The van der Waals surface area contributed by atoms with Crippen molar-refractivity contribution in [3.63, 3.8) is 0 Å². The van der Waals surface area contributed by atoms with Crippen LogP contribution in [-0.2, 0) is 17.8 Å². The highest BCUT2D eigenvalue weighted by atomic mass is 32.1. The SMILES string of the molecule is CC(C)=CC(=O)Nc1nc2c(s1)CN(C)CC2. The van der Waals surface area contributed by atoms with Crippen LogP contribution in [0.4, 0.5) is 5.13 Å². The zero-order valence-corrected chi connectivity index (χ0v) is 11.2. The summed E-state index contributed by atoms with van der Waals surface area (Å²) >= 11 is 1.58. The van der Waals surface area contributed by atoms with Crippen molar-refractivity contribution in [3.8, 4) is 0 Å². The van der Waals surface area contributed by atoms with Crippen molar-refractivity contribution in [1.29, 1.82) is 0 Å². The molecule has 1 amide bonds. The summed E-state index contributed by atoms with van der Waals surface area (Å²) in [5.74, 6) is -0.0931. The van der Waals surface area contributed by atoms with E-state index in [0.29, 0.717) is 5.13 Å². The van der Waals surface area contributed by atoms with Gasteiger partial charge in [-0.25, -0.2) is 4.98 Å². The molecule has 1 N–H and O–H groups in total. The van der Waals surface area contributed by atoms with Gasteiger partial charge in [-0.1, -0.05) is 5.57 Å². The van der Waals surface area contributed by atoms with Crippen LogP contribution in [0.3, 0.4) is 0 Å². The lowest BCUT2D eigenvalue weighted by atomic mass is 10.2. The Morgan fingerprint density at radius 3 is 3.00 bits per heavy atom. The summed E-state index contributed by atoms with van der Waals surface area (Å²) in [4.78, 5) is 19.6. The number of likely N-dealkylation sites (N-methyl/N-ethyl adjacent to an activating group) is 1. The molecule has 5 heteroatoms. The average molecular weight is 251 g/mol. The van der Waals surface area contributed by atoms with Gasteiger partial charge >= 0.3 is 0 Å². The zero-order chi connectivity index (χ0) is 12.4. The molecule has 0 fully saturated rings. The molecule has 2 heterocycles. The van der Waals surface area contributed by atoms with E-state index in [1.54, 1.807) is 17.4 Å². The smallest absolute Gasteiger partial charge is 0.250 e. The van der Waals surface area contributed by atoms with Crippen LogP contribution in [0.25, 0.3) is 0 Å². The van der Waals surface area contributed by atoms with E-state index in [0.717, 1.165) is 30.8 Å². The molecule has 4 nitrogen and oxygen atoms in total. The van der Waals surface area contributed by atoms with Gasteiger partial charge in [0.2, 0.25) is 5.91 Å². The van der Waals surface area contributed by atoms with Crippen molar-refractivity contribution in [2.75, 3.05) is 18.9 Å². The Morgan fingerprint density at radius 2 is 2.29 bits per heavy atom. The molecule has 1 aromatic rings. The summed E-state index contributed by atoms with van der Waals surface area (Å²) in [6.45, 7) is 5.78. The highest BCUT2D eigenvalue weighted by Crippen LogP contribution is 2.27. The summed E-state index contributed by atoms with van der Waals surface area (Å²) in [5.41, 5.74) is 2.13. The van der Waals surface area contributed by atoms with Gasteiger partial charge in [0.05, 0.1) is 5.69 Å². The van der Waals surface area contributed by atoms with Crippen molar-refractivity contribution < 1.29 is 4.79 Å². The van der Waals surface area contributed by atoms with Crippen molar-refractivity contribution >= 4 is 22.4 Å². The van der Waals surface area contributed by atoms with Gasteiger partial charge in [0.1, 0.15) is 0 Å². The molecule has 1 aromatic heterocycles. The number of hydrogen-bond donors (Lipinski definition) is 1. The van der Waals surface area contributed by atoms with Crippen LogP contribution in [0.2, 0.25) is 0 Å². The fourth-order valence-corrected chi connectivity index (χ4v) is 2.87. The Hall–Kier alpha value is -1.20. The number of anilines is 1. The van der Waals surface area contributed by atoms with Crippen molar-refractivity contribution in [1.82, 2.24) is 9.88 Å². The van der Waals surface area contributed by atoms with Gasteiger partial charge in [-0.05, 0) is 20.9 Å². The second-order valence-electron chi connectivity index (χ2n) is 4.59. The van der Waals surface area contributed by atoms with Crippen molar-refractivity contribution in [2.24, 2.45) is 0 Å². The maximum absolute atomic E-state index is 11.6. The third-order valence-electron chi connectivity index (χ3n) is 2.57. The molecule has 0 aliphatic carbocycles. The Bertz CT molecular complexity index is 460. The summed E-state index contributed by atoms with van der Waals surface area (Å²) in [6.07, 6.45) is 2.56. The fourth-order valence-electron chi connectivity index (χ4n) is 1.78. The fraction of sp³-hybridized carbons (Fsp3) is 0.500. The standard InChI is InChI=1S/C12H17N3OS/c1-8(2)6-11(16)14-12-13-9-4-5-15(3)7-10(9)17-12/h6H,4-5,7H2,1-3H3,(H,13,14,16). The van der Waals surface area contributed by atoms with E-state index in [-0.39, 0.29) is 5.91 Å². The first-order valence-corrected chi connectivity index (χ1v) is 6.49. The third kappa shape index (κ3) is 3.14. The summed E-state index contributed by atoms with van der Waals surface area (Å²) in [5, 5.41) is 3.53. The third-order valence-corrected chi connectivity index (χ3v) is 3.57. The maximum atomic E-state index is 11.6. The molecule has 1 aliphatic heterocycles. The molecule has 0 radical (unpaired) electrons. The number of aromatic nitrogens is 1. The number of thiazole rings is 1. The number of nitrogens with one attached hydrogen (secondary N) is 1. The number of fused-ring (bicyclic) bond motifs is 1. The number of carbonyl (C=O) groups excluding carboxylic acids is 1. The van der Waals surface area contributed by atoms with Crippen LogP contribution in [0.5, 0.6) is 0 Å². The van der Waals surface area contributed by atoms with Crippen LogP contribution < -0.4 is 5.32 Å². The average Bonchev–Trinajstić information content (AvgIpc) is 2.57. The quantitative estimate of drug-likeness (QED) is 0.818. The minimum atomic E-state index is -0.0931. The van der Waals surface area contributed by atoms with Gasteiger partial charge in [0.25, 0.3) is 0 Å². The van der Waals surface area contributed by atoms with Gasteiger partial charge in [0, 0.05) is 30.5 Å². The number of allylic oxidation sites excluding steroid dienone is 1. The number of rotatable bonds is 2. The topological polar surface area (TPSA) is 45.2 Å². The Labute approximate surface area is 105 Å². The molecule has 0 atom stereocenters. The monoisotopic (exact) mass is 251 g/mol. The van der Waals surface area contributed by atoms with Crippen LogP contribution in [-0.4, -0.2) is 29.4 Å². The van der Waals surface area contributed by atoms with E-state index in [2.05, 4.69) is 22.2 Å². The summed E-state index contributed by atoms with van der Waals surface area (Å²) in [7, 11) is 2.10. The van der Waals surface area contributed by atoms with Gasteiger partial charge in [-0.2, -0.15) is 0 Å². The molecular weight excluding hydrogens is 234 g/mol. The molecule has 92 valence electrons. The van der Waals surface area contributed by atoms with Crippen LogP contribution in [0.15, 0.2) is 11.6 Å². The zero-order valence-electron chi connectivity index (χ0n) is 10.4. The second-order valence-corrected chi connectivity index (χ2v) is 5.67. The van der Waals surface area contributed by atoms with E-state index >= 15 is 0 Å². The Balaban J connectivity index is 2.08. The Morgan fingerprint density at radius 1 is 1.53 bits per heavy atom. The lowest BCUT2D eigenvalue weighted by molar-refractivity contribution is -0.111. The van der Waals surface area contributed by atoms with Crippen LogP contribution in [0.1, 0.15) is 24.4 Å². The first-order chi connectivity index (χ1) is 8.04. The van der Waals surface area contributed by atoms with Crippen LogP contribution >= 0.6 is 11.3 Å². The van der Waals surface area contributed by atoms with Gasteiger partial charge in [-0.15, -0.1) is 11.3 Å². The normalized spacial score (nSPS) is 15.2. The van der Waals surface area contributed by atoms with E-state index in [1.807, 2.05) is 13.8 Å². The highest BCUT2D eigenvalue weighted by molar-refractivity contribution is 7.15. The van der Waals surface area contributed by atoms with Gasteiger partial charge < -0.3 is 4.90 Å². The highest BCUT2D eigenvalue weighted by Gasteiger charge is 2.18. The number of carbonyl (C=O) groups is 1. The number of hydrogen-bond acceptors (Lipinski definition) is 4. The summed E-state index contributed by atoms with van der Waals surface area (Å²) in [6, 6.07) is 0. The molecule has 0 saturated carbocycles. The molecule has 0 unspecified atom stereocenters. The lowest BCUT2D eigenvalue weighted by Gasteiger charge is -2.20. The number of nitrogens with zero attached hydrogens (tertiary/aromatic N) is 2. The maximum Gasteiger partial charge on any atom is 0.250 e. The van der Waals surface area contributed by atoms with E-state index in [9.17, 15) is 4.79 Å². The number of amides is 1. The first-order valence-electron chi connectivity index (χ1n) is 5.67. The molecule has 0 bridgehead atoms. The molecule has 1 aliphatic rings. The van der Waals surface area contributed by atoms with Crippen molar-refractivity contribution in [2.45, 2.75) is 26.8 Å². The van der Waals surface area contributed by atoms with Gasteiger partial charge in [0.15, 0.2) is 5.13 Å². The molecule has 2 rings (SSSR count). The van der Waals surface area contributed by atoms with E-state index in [1.165, 1.54) is 4.88 Å². The molecular formula is C12H17N3OS. The van der Waals surface area contributed by atoms with Crippen LogP contribution in [0, 0.1) is 0 Å². The predicted molar refractivity (Wildman–Crippen MR) is 70.2 cm³/mol. The molecule has 17 heavy (non-hydrogen) atoms. The first kappa shape index (κ1) is 12.3. The lowest BCUT2D eigenvalue weighted by Crippen LogP contribution is -2.25. The second kappa shape index (κ2) is 4.98. The van der Waals surface area contributed by atoms with E-state index in [4.69, 9.17) is 0 Å². The largest absolute Gasteiger partial charge is 0.301 e. The molecule has 0 saturated heterocycles. The predicted octanol–water partition coefficient (Wildman–Crippen LogP) is 2.04. The minimum Gasteiger partial charge on any atom is -0.301 e. The van der Waals surface area contributed by atoms with Crippen molar-refractivity contribution in [3.05, 3.63) is 22.2 Å². The molecule has 0 spiro atoms. The molecule has 0 aromatic carbocycles. The van der Waals surface area contributed by atoms with Gasteiger partial charge in [-0.3, -0.25) is 10.1 Å².